The zero-order valence-electron chi connectivity index (χ0n) is 13.0. The molecule has 0 aliphatic carbocycles. The van der Waals surface area contributed by atoms with Gasteiger partial charge < -0.3 is 9.84 Å². The van der Waals surface area contributed by atoms with Crippen LogP contribution in [0.4, 0.5) is 0 Å². The number of cyclic esters (lactones) is 1. The molecule has 120 valence electrons. The van der Waals surface area contributed by atoms with E-state index in [4.69, 9.17) is 4.74 Å². The van der Waals surface area contributed by atoms with Crippen molar-refractivity contribution >= 4 is 5.97 Å². The lowest BCUT2D eigenvalue weighted by molar-refractivity contribution is -0.143. The zero-order chi connectivity index (χ0) is 15.5. The normalized spacial score (nSPS) is 28.5. The average Bonchev–Trinajstić information content (AvgIpc) is 2.96. The van der Waals surface area contributed by atoms with Crippen LogP contribution >= 0.6 is 0 Å². The fourth-order valence-electron chi connectivity index (χ4n) is 3.40. The number of nitrogens with zero attached hydrogens (tertiary/aromatic N) is 2. The second-order valence-electron chi connectivity index (χ2n) is 6.24. The highest BCUT2D eigenvalue weighted by molar-refractivity contribution is 5.77. The van der Waals surface area contributed by atoms with Crippen molar-refractivity contribution in [1.82, 2.24) is 9.80 Å². The van der Waals surface area contributed by atoms with Gasteiger partial charge in [-0.15, -0.1) is 0 Å². The Morgan fingerprint density at radius 3 is 2.73 bits per heavy atom. The highest BCUT2D eigenvalue weighted by Crippen LogP contribution is 2.21. The van der Waals surface area contributed by atoms with E-state index in [2.05, 4.69) is 16.7 Å². The number of ether oxygens (including phenoxy) is 1. The average molecular weight is 304 g/mol. The number of carbonyl (C=O) groups is 1. The van der Waals surface area contributed by atoms with Crippen LogP contribution in [0.2, 0.25) is 0 Å². The van der Waals surface area contributed by atoms with Gasteiger partial charge in [0.05, 0.1) is 12.7 Å². The Balaban J connectivity index is 1.55. The lowest BCUT2D eigenvalue weighted by Gasteiger charge is -2.42. The van der Waals surface area contributed by atoms with Crippen molar-refractivity contribution in [3.05, 3.63) is 35.9 Å². The van der Waals surface area contributed by atoms with Gasteiger partial charge in [-0.05, 0) is 12.5 Å². The van der Waals surface area contributed by atoms with E-state index in [0.717, 1.165) is 31.6 Å². The van der Waals surface area contributed by atoms with Crippen LogP contribution in [0, 0.1) is 0 Å². The van der Waals surface area contributed by atoms with Gasteiger partial charge in [0.25, 0.3) is 0 Å². The lowest BCUT2D eigenvalue weighted by atomic mass is 10.1. The summed E-state index contributed by atoms with van der Waals surface area (Å²) in [5.74, 6) is -0.0787. The summed E-state index contributed by atoms with van der Waals surface area (Å²) in [5, 5.41) is 10.4. The Morgan fingerprint density at radius 1 is 1.32 bits per heavy atom. The molecule has 2 fully saturated rings. The van der Waals surface area contributed by atoms with E-state index in [-0.39, 0.29) is 12.0 Å². The van der Waals surface area contributed by atoms with Gasteiger partial charge in [-0.1, -0.05) is 30.3 Å². The predicted octanol–water partition coefficient (Wildman–Crippen LogP) is 1.04. The number of benzene rings is 1. The molecule has 0 radical (unpaired) electrons. The first-order valence-electron chi connectivity index (χ1n) is 8.03. The molecule has 0 unspecified atom stereocenters. The minimum absolute atomic E-state index is 0.0661. The van der Waals surface area contributed by atoms with Gasteiger partial charge in [-0.3, -0.25) is 14.6 Å². The van der Waals surface area contributed by atoms with Gasteiger partial charge in [0, 0.05) is 38.6 Å². The van der Waals surface area contributed by atoms with Crippen LogP contribution in [0.15, 0.2) is 30.3 Å². The van der Waals surface area contributed by atoms with Crippen molar-refractivity contribution in [2.45, 2.75) is 31.5 Å². The first-order valence-corrected chi connectivity index (χ1v) is 8.03. The van der Waals surface area contributed by atoms with Gasteiger partial charge in [-0.25, -0.2) is 0 Å². The molecule has 1 aromatic carbocycles. The second kappa shape index (κ2) is 6.77. The Kier molecular flexibility index (Phi) is 4.76. The lowest BCUT2D eigenvalue weighted by Crippen LogP contribution is -2.56. The quantitative estimate of drug-likeness (QED) is 0.843. The predicted molar refractivity (Wildman–Crippen MR) is 83.4 cm³/mol. The Labute approximate surface area is 131 Å². The second-order valence-corrected chi connectivity index (χ2v) is 6.24. The summed E-state index contributed by atoms with van der Waals surface area (Å²) in [7, 11) is 0. The summed E-state index contributed by atoms with van der Waals surface area (Å²) in [6, 6.07) is 10.0. The summed E-state index contributed by atoms with van der Waals surface area (Å²) >= 11 is 0. The molecule has 0 saturated carbocycles. The van der Waals surface area contributed by atoms with Crippen LogP contribution in [0.3, 0.4) is 0 Å². The maximum absolute atomic E-state index is 11.7. The molecule has 5 nitrogen and oxygen atoms in total. The van der Waals surface area contributed by atoms with Gasteiger partial charge in [0.15, 0.2) is 0 Å². The SMILES string of the molecule is C[C@@H]1CN([C@H]2CCOC2=O)CCN1C[C@H](O)c1ccccc1. The molecule has 1 aromatic rings. The monoisotopic (exact) mass is 304 g/mol. The number of aliphatic hydroxyl groups excluding tert-OH is 1. The fraction of sp³-hybridized carbons (Fsp3) is 0.588. The summed E-state index contributed by atoms with van der Waals surface area (Å²) in [4.78, 5) is 16.2. The van der Waals surface area contributed by atoms with Gasteiger partial charge in [0.2, 0.25) is 0 Å². The molecular weight excluding hydrogens is 280 g/mol. The summed E-state index contributed by atoms with van der Waals surface area (Å²) in [6.45, 7) is 5.91. The first-order chi connectivity index (χ1) is 10.6. The van der Waals surface area contributed by atoms with Crippen molar-refractivity contribution in [1.29, 1.82) is 0 Å². The molecule has 22 heavy (non-hydrogen) atoms. The van der Waals surface area contributed by atoms with E-state index < -0.39 is 6.10 Å². The van der Waals surface area contributed by atoms with Crippen LogP contribution in [0.25, 0.3) is 0 Å². The molecule has 0 spiro atoms. The standard InChI is InChI=1S/C17H24N2O3/c1-13-11-19(15-7-10-22-17(15)21)9-8-18(13)12-16(20)14-5-3-2-4-6-14/h2-6,13,15-16,20H,7-12H2,1H3/t13-,15+,16+/m1/s1. The molecular formula is C17H24N2O3. The third-order valence-corrected chi connectivity index (χ3v) is 4.74. The Morgan fingerprint density at radius 2 is 2.09 bits per heavy atom. The smallest absolute Gasteiger partial charge is 0.323 e. The fourth-order valence-corrected chi connectivity index (χ4v) is 3.40. The topological polar surface area (TPSA) is 53.0 Å². The van der Waals surface area contributed by atoms with E-state index in [0.29, 0.717) is 19.2 Å². The molecule has 5 heteroatoms. The summed E-state index contributed by atoms with van der Waals surface area (Å²) in [6.07, 6.45) is 0.338. The van der Waals surface area contributed by atoms with Crippen LogP contribution in [0.5, 0.6) is 0 Å². The largest absolute Gasteiger partial charge is 0.464 e. The minimum Gasteiger partial charge on any atom is -0.464 e. The molecule has 3 atom stereocenters. The summed E-state index contributed by atoms with van der Waals surface area (Å²) < 4.78 is 5.07. The number of β-amino-alcohol motifs (C(OH)–C–C–N with tert-alkyl or cyclic N) is 1. The van der Waals surface area contributed by atoms with Crippen LogP contribution in [-0.4, -0.2) is 65.7 Å². The Bertz CT molecular complexity index is 508. The number of aliphatic hydroxyl groups is 1. The number of rotatable bonds is 4. The molecule has 3 rings (SSSR count). The zero-order valence-corrected chi connectivity index (χ0v) is 13.0. The highest BCUT2D eigenvalue weighted by Gasteiger charge is 2.36. The molecule has 0 amide bonds. The van der Waals surface area contributed by atoms with Crippen LogP contribution < -0.4 is 0 Å². The van der Waals surface area contributed by atoms with Crippen LogP contribution in [0.1, 0.15) is 25.0 Å². The maximum Gasteiger partial charge on any atom is 0.323 e. The van der Waals surface area contributed by atoms with E-state index in [1.807, 2.05) is 30.3 Å². The number of piperazine rings is 1. The van der Waals surface area contributed by atoms with Crippen molar-refractivity contribution in [3.8, 4) is 0 Å². The van der Waals surface area contributed by atoms with Gasteiger partial charge >= 0.3 is 5.97 Å². The summed E-state index contributed by atoms with van der Waals surface area (Å²) in [5.41, 5.74) is 0.955. The number of carbonyl (C=O) groups excluding carboxylic acids is 1. The third kappa shape index (κ3) is 3.32. The highest BCUT2D eigenvalue weighted by atomic mass is 16.5. The van der Waals surface area contributed by atoms with Crippen molar-refractivity contribution in [2.24, 2.45) is 0 Å². The molecule has 2 heterocycles. The number of esters is 1. The van der Waals surface area contributed by atoms with E-state index in [1.165, 1.54) is 0 Å². The van der Waals surface area contributed by atoms with E-state index in [9.17, 15) is 9.90 Å². The van der Waals surface area contributed by atoms with Crippen molar-refractivity contribution in [3.63, 3.8) is 0 Å². The van der Waals surface area contributed by atoms with E-state index in [1.54, 1.807) is 0 Å². The molecule has 1 N–H and O–H groups in total. The number of hydrogen-bond donors (Lipinski definition) is 1. The molecule has 0 aromatic heterocycles. The van der Waals surface area contributed by atoms with E-state index >= 15 is 0 Å². The molecule has 0 bridgehead atoms. The maximum atomic E-state index is 11.7. The molecule has 2 aliphatic rings. The number of hydrogen-bond acceptors (Lipinski definition) is 5. The molecule has 2 aliphatic heterocycles. The van der Waals surface area contributed by atoms with Crippen LogP contribution in [-0.2, 0) is 9.53 Å². The van der Waals surface area contributed by atoms with Crippen molar-refractivity contribution < 1.29 is 14.6 Å². The minimum atomic E-state index is -0.466. The Hall–Kier alpha value is -1.43. The van der Waals surface area contributed by atoms with Gasteiger partial charge in [0.1, 0.15) is 6.04 Å². The third-order valence-electron chi connectivity index (χ3n) is 4.74. The van der Waals surface area contributed by atoms with Crippen molar-refractivity contribution in [2.75, 3.05) is 32.8 Å². The van der Waals surface area contributed by atoms with Gasteiger partial charge in [-0.2, -0.15) is 0 Å². The molecule has 2 saturated heterocycles. The first kappa shape index (κ1) is 15.5.